The highest BCUT2D eigenvalue weighted by Gasteiger charge is 2.17. The molecule has 2 rings (SSSR count). The van der Waals surface area contributed by atoms with Crippen molar-refractivity contribution in [1.82, 2.24) is 10.2 Å². The minimum Gasteiger partial charge on any atom is -0.493 e. The first kappa shape index (κ1) is 16.3. The van der Waals surface area contributed by atoms with Crippen LogP contribution in [0.1, 0.15) is 25.7 Å². The average molecular weight is 308 g/mol. The molecule has 5 nitrogen and oxygen atoms in total. The molecule has 0 saturated carbocycles. The second-order valence-electron chi connectivity index (χ2n) is 5.24. The lowest BCUT2D eigenvalue weighted by molar-refractivity contribution is -0.130. The normalized spacial score (nSPS) is 14.0. The van der Waals surface area contributed by atoms with E-state index in [1.165, 1.54) is 24.3 Å². The molecule has 1 aromatic carbocycles. The van der Waals surface area contributed by atoms with Crippen LogP contribution in [0.15, 0.2) is 24.3 Å². The Bertz CT molecular complexity index is 499. The highest BCUT2D eigenvalue weighted by molar-refractivity contribution is 5.79. The third-order valence-electron chi connectivity index (χ3n) is 3.53. The summed E-state index contributed by atoms with van der Waals surface area (Å²) in [4.78, 5) is 25.2. The average Bonchev–Trinajstić information content (AvgIpc) is 3.03. The summed E-state index contributed by atoms with van der Waals surface area (Å²) in [6.45, 7) is 2.23. The molecular weight excluding hydrogens is 287 g/mol. The molecule has 1 saturated heterocycles. The van der Waals surface area contributed by atoms with Gasteiger partial charge in [-0.25, -0.2) is 4.39 Å². The van der Waals surface area contributed by atoms with Crippen LogP contribution in [0.2, 0.25) is 0 Å². The molecule has 0 spiro atoms. The van der Waals surface area contributed by atoms with Crippen LogP contribution in [0.5, 0.6) is 5.75 Å². The van der Waals surface area contributed by atoms with E-state index in [2.05, 4.69) is 5.32 Å². The zero-order valence-corrected chi connectivity index (χ0v) is 12.5. The molecule has 1 aliphatic rings. The lowest BCUT2D eigenvalue weighted by atomic mass is 10.3. The molecule has 0 aliphatic carbocycles. The largest absolute Gasteiger partial charge is 0.493 e. The van der Waals surface area contributed by atoms with Crippen molar-refractivity contribution in [2.75, 3.05) is 26.2 Å². The van der Waals surface area contributed by atoms with E-state index in [4.69, 9.17) is 4.74 Å². The number of carbonyl (C=O) groups is 2. The third-order valence-corrected chi connectivity index (χ3v) is 3.53. The van der Waals surface area contributed by atoms with Gasteiger partial charge in [0.15, 0.2) is 0 Å². The maximum atomic E-state index is 12.7. The summed E-state index contributed by atoms with van der Waals surface area (Å²) in [6.07, 6.45) is 2.68. The van der Waals surface area contributed by atoms with Gasteiger partial charge in [-0.05, 0) is 37.1 Å². The summed E-state index contributed by atoms with van der Waals surface area (Å²) in [6, 6.07) is 5.64. The van der Waals surface area contributed by atoms with Crippen LogP contribution in [-0.4, -0.2) is 43.0 Å². The Labute approximate surface area is 129 Å². The van der Waals surface area contributed by atoms with Crippen LogP contribution in [0.3, 0.4) is 0 Å². The van der Waals surface area contributed by atoms with E-state index < -0.39 is 0 Å². The molecule has 1 heterocycles. The van der Waals surface area contributed by atoms with E-state index in [1.807, 2.05) is 4.90 Å². The number of halogens is 1. The van der Waals surface area contributed by atoms with Crippen molar-refractivity contribution >= 4 is 11.8 Å². The van der Waals surface area contributed by atoms with Gasteiger partial charge in [0.05, 0.1) is 13.0 Å². The lowest BCUT2D eigenvalue weighted by Gasteiger charge is -2.15. The molecule has 1 N–H and O–H groups in total. The predicted octanol–water partition coefficient (Wildman–Crippen LogP) is 1.72. The van der Waals surface area contributed by atoms with Crippen molar-refractivity contribution in [3.8, 4) is 5.75 Å². The molecule has 0 aromatic heterocycles. The Morgan fingerprint density at radius 1 is 1.14 bits per heavy atom. The zero-order valence-electron chi connectivity index (χ0n) is 12.5. The number of rotatable bonds is 7. The third kappa shape index (κ3) is 5.35. The number of likely N-dealkylation sites (tertiary alicyclic amines) is 1. The van der Waals surface area contributed by atoms with Crippen LogP contribution in [0.4, 0.5) is 4.39 Å². The summed E-state index contributed by atoms with van der Waals surface area (Å²) in [5, 5.41) is 2.71. The fourth-order valence-corrected chi connectivity index (χ4v) is 2.31. The van der Waals surface area contributed by atoms with Gasteiger partial charge in [-0.15, -0.1) is 0 Å². The molecule has 2 amide bonds. The van der Waals surface area contributed by atoms with Crippen LogP contribution in [0.25, 0.3) is 0 Å². The molecule has 1 aliphatic heterocycles. The van der Waals surface area contributed by atoms with Crippen molar-refractivity contribution in [1.29, 1.82) is 0 Å². The Morgan fingerprint density at radius 2 is 1.82 bits per heavy atom. The number of nitrogens with zero attached hydrogens (tertiary/aromatic N) is 1. The Kier molecular flexibility index (Phi) is 6.18. The number of hydrogen-bond donors (Lipinski definition) is 1. The SMILES string of the molecule is O=C(CCOc1ccc(F)cc1)NCCC(=O)N1CCCC1. The predicted molar refractivity (Wildman–Crippen MR) is 80.0 cm³/mol. The fraction of sp³-hybridized carbons (Fsp3) is 0.500. The topological polar surface area (TPSA) is 58.6 Å². The van der Waals surface area contributed by atoms with E-state index in [1.54, 1.807) is 0 Å². The molecule has 0 unspecified atom stereocenters. The van der Waals surface area contributed by atoms with Gasteiger partial charge in [-0.3, -0.25) is 9.59 Å². The van der Waals surface area contributed by atoms with Gasteiger partial charge in [0.25, 0.3) is 0 Å². The first-order valence-electron chi connectivity index (χ1n) is 7.58. The lowest BCUT2D eigenvalue weighted by Crippen LogP contribution is -2.33. The van der Waals surface area contributed by atoms with Crippen molar-refractivity contribution in [2.24, 2.45) is 0 Å². The maximum absolute atomic E-state index is 12.7. The van der Waals surface area contributed by atoms with E-state index in [-0.39, 0.29) is 30.7 Å². The van der Waals surface area contributed by atoms with Crippen molar-refractivity contribution in [2.45, 2.75) is 25.7 Å². The van der Waals surface area contributed by atoms with Gasteiger partial charge in [-0.2, -0.15) is 0 Å². The maximum Gasteiger partial charge on any atom is 0.224 e. The summed E-state index contributed by atoms with van der Waals surface area (Å²) < 4.78 is 18.0. The quantitative estimate of drug-likeness (QED) is 0.834. The molecule has 1 fully saturated rings. The number of benzene rings is 1. The number of carbonyl (C=O) groups excluding carboxylic acids is 2. The van der Waals surface area contributed by atoms with Crippen LogP contribution in [-0.2, 0) is 9.59 Å². The highest BCUT2D eigenvalue weighted by Crippen LogP contribution is 2.11. The smallest absolute Gasteiger partial charge is 0.224 e. The number of hydrogen-bond acceptors (Lipinski definition) is 3. The monoisotopic (exact) mass is 308 g/mol. The van der Waals surface area contributed by atoms with Gasteiger partial charge in [0.2, 0.25) is 11.8 Å². The fourth-order valence-electron chi connectivity index (χ4n) is 2.31. The zero-order chi connectivity index (χ0) is 15.8. The number of ether oxygens (including phenoxy) is 1. The first-order valence-corrected chi connectivity index (χ1v) is 7.58. The van der Waals surface area contributed by atoms with Gasteiger partial charge in [0, 0.05) is 26.1 Å². The molecule has 0 bridgehead atoms. The standard InChI is InChI=1S/C16H21FN2O3/c17-13-3-5-14(6-4-13)22-12-8-15(20)18-9-7-16(21)19-10-1-2-11-19/h3-6H,1-2,7-12H2,(H,18,20). The van der Waals surface area contributed by atoms with E-state index >= 15 is 0 Å². The minimum atomic E-state index is -0.326. The molecular formula is C16H21FN2O3. The Hall–Kier alpha value is -2.11. The molecule has 120 valence electrons. The molecule has 0 radical (unpaired) electrons. The molecule has 22 heavy (non-hydrogen) atoms. The summed E-state index contributed by atoms with van der Waals surface area (Å²) >= 11 is 0. The molecule has 0 atom stereocenters. The van der Waals surface area contributed by atoms with Crippen LogP contribution in [0, 0.1) is 5.82 Å². The second kappa shape index (κ2) is 8.36. The summed E-state index contributed by atoms with van der Waals surface area (Å²) in [5.74, 6) is 0.142. The van der Waals surface area contributed by atoms with Gasteiger partial charge >= 0.3 is 0 Å². The van der Waals surface area contributed by atoms with Crippen molar-refractivity contribution in [3.63, 3.8) is 0 Å². The minimum absolute atomic E-state index is 0.0976. The summed E-state index contributed by atoms with van der Waals surface area (Å²) in [7, 11) is 0. The first-order chi connectivity index (χ1) is 10.6. The van der Waals surface area contributed by atoms with Gasteiger partial charge < -0.3 is 15.0 Å². The van der Waals surface area contributed by atoms with Crippen molar-refractivity contribution < 1.29 is 18.7 Å². The Morgan fingerprint density at radius 3 is 2.50 bits per heavy atom. The highest BCUT2D eigenvalue weighted by atomic mass is 19.1. The molecule has 6 heteroatoms. The van der Waals surface area contributed by atoms with Crippen molar-refractivity contribution in [3.05, 3.63) is 30.1 Å². The van der Waals surface area contributed by atoms with Gasteiger partial charge in [-0.1, -0.05) is 0 Å². The van der Waals surface area contributed by atoms with Crippen LogP contribution >= 0.6 is 0 Å². The van der Waals surface area contributed by atoms with Gasteiger partial charge in [0.1, 0.15) is 11.6 Å². The number of amides is 2. The van der Waals surface area contributed by atoms with E-state index in [0.717, 1.165) is 25.9 Å². The second-order valence-corrected chi connectivity index (χ2v) is 5.24. The number of nitrogens with one attached hydrogen (secondary N) is 1. The molecule has 1 aromatic rings. The van der Waals surface area contributed by atoms with Crippen LogP contribution < -0.4 is 10.1 Å². The summed E-state index contributed by atoms with van der Waals surface area (Å²) in [5.41, 5.74) is 0. The van der Waals surface area contributed by atoms with E-state index in [0.29, 0.717) is 18.7 Å². The van der Waals surface area contributed by atoms with E-state index in [9.17, 15) is 14.0 Å². The Balaban J connectivity index is 1.55.